The van der Waals surface area contributed by atoms with Gasteiger partial charge in [0.15, 0.2) is 0 Å². The second kappa shape index (κ2) is 8.30. The minimum atomic E-state index is -1.05. The predicted molar refractivity (Wildman–Crippen MR) is 101 cm³/mol. The number of hydrogen-bond acceptors (Lipinski definition) is 4. The molecule has 0 aliphatic heterocycles. The van der Waals surface area contributed by atoms with E-state index in [1.54, 1.807) is 19.2 Å². The summed E-state index contributed by atoms with van der Waals surface area (Å²) < 4.78 is 5.34. The summed E-state index contributed by atoms with van der Waals surface area (Å²) in [6.45, 7) is 0.324. The van der Waals surface area contributed by atoms with Crippen molar-refractivity contribution in [3.63, 3.8) is 0 Å². The molecule has 2 aliphatic carbocycles. The molecule has 2 aliphatic rings. The fraction of sp³-hybridized carbons (Fsp3) is 0.619. The number of benzene rings is 1. The number of methoxy groups -OCH3 is 1. The van der Waals surface area contributed by atoms with Crippen molar-refractivity contribution in [2.24, 2.45) is 5.92 Å². The van der Waals surface area contributed by atoms with Crippen molar-refractivity contribution in [1.29, 1.82) is 0 Å². The topological polar surface area (TPSA) is 95.9 Å². The van der Waals surface area contributed by atoms with Gasteiger partial charge in [-0.2, -0.15) is 0 Å². The van der Waals surface area contributed by atoms with Crippen LogP contribution in [0.5, 0.6) is 5.75 Å². The highest BCUT2D eigenvalue weighted by atomic mass is 16.5. The van der Waals surface area contributed by atoms with Crippen LogP contribution in [0.4, 0.5) is 0 Å². The van der Waals surface area contributed by atoms with Crippen LogP contribution in [0.2, 0.25) is 0 Å². The Labute approximate surface area is 159 Å². The van der Waals surface area contributed by atoms with Crippen LogP contribution in [0.15, 0.2) is 18.2 Å². The third-order valence-corrected chi connectivity index (χ3v) is 6.30. The van der Waals surface area contributed by atoms with Crippen LogP contribution in [-0.2, 0) is 26.2 Å². The summed E-state index contributed by atoms with van der Waals surface area (Å²) in [6, 6.07) is 5.00. The SMILES string of the molecule is COC1CCC(C(=O)NCCC2(C(=O)O)CCCc3ccc(O)cc32)CC1. The maximum absolute atomic E-state index is 12.5. The average Bonchev–Trinajstić information content (AvgIpc) is 2.68. The van der Waals surface area contributed by atoms with Gasteiger partial charge < -0.3 is 20.3 Å². The molecular weight excluding hydrogens is 346 g/mol. The molecule has 1 saturated carbocycles. The van der Waals surface area contributed by atoms with E-state index in [0.717, 1.165) is 44.1 Å². The lowest BCUT2D eigenvalue weighted by molar-refractivity contribution is -0.145. The lowest BCUT2D eigenvalue weighted by Crippen LogP contribution is -2.43. The number of amides is 1. The van der Waals surface area contributed by atoms with Gasteiger partial charge in [0.2, 0.25) is 5.91 Å². The van der Waals surface area contributed by atoms with Gasteiger partial charge in [-0.15, -0.1) is 0 Å². The third-order valence-electron chi connectivity index (χ3n) is 6.30. The Morgan fingerprint density at radius 2 is 2.00 bits per heavy atom. The Balaban J connectivity index is 1.64. The summed E-state index contributed by atoms with van der Waals surface area (Å²) >= 11 is 0. The highest BCUT2D eigenvalue weighted by Crippen LogP contribution is 2.41. The van der Waals surface area contributed by atoms with Gasteiger partial charge in [-0.05, 0) is 74.6 Å². The first kappa shape index (κ1) is 19.7. The minimum absolute atomic E-state index is 0.0111. The minimum Gasteiger partial charge on any atom is -0.508 e. The summed E-state index contributed by atoms with van der Waals surface area (Å²) in [5.41, 5.74) is 0.620. The second-order valence-corrected chi connectivity index (χ2v) is 7.83. The lowest BCUT2D eigenvalue weighted by Gasteiger charge is -2.36. The molecule has 0 aromatic heterocycles. The van der Waals surface area contributed by atoms with Crippen molar-refractivity contribution in [3.05, 3.63) is 29.3 Å². The van der Waals surface area contributed by atoms with Gasteiger partial charge in [-0.25, -0.2) is 0 Å². The molecular formula is C21H29NO5. The Morgan fingerprint density at radius 3 is 2.67 bits per heavy atom. The van der Waals surface area contributed by atoms with Crippen LogP contribution in [0.25, 0.3) is 0 Å². The molecule has 1 aromatic carbocycles. The predicted octanol–water partition coefficient (Wildman–Crippen LogP) is 2.76. The van der Waals surface area contributed by atoms with Crippen molar-refractivity contribution in [2.45, 2.75) is 62.9 Å². The maximum Gasteiger partial charge on any atom is 0.314 e. The summed E-state index contributed by atoms with van der Waals surface area (Å²) in [5, 5.41) is 22.8. The van der Waals surface area contributed by atoms with Crippen molar-refractivity contribution in [2.75, 3.05) is 13.7 Å². The fourth-order valence-electron chi connectivity index (χ4n) is 4.64. The number of carbonyl (C=O) groups excluding carboxylic acids is 1. The zero-order chi connectivity index (χ0) is 19.4. The number of aliphatic carboxylic acids is 1. The Hall–Kier alpha value is -2.08. The highest BCUT2D eigenvalue weighted by molar-refractivity contribution is 5.83. The molecule has 1 amide bonds. The van der Waals surface area contributed by atoms with Crippen LogP contribution < -0.4 is 5.32 Å². The zero-order valence-electron chi connectivity index (χ0n) is 15.9. The standard InChI is InChI=1S/C21H29NO5/c1-27-17-8-5-15(6-9-17)19(24)22-12-11-21(20(25)26)10-2-3-14-4-7-16(23)13-18(14)21/h4,7,13,15,17,23H,2-3,5-6,8-12H2,1H3,(H,22,24)(H,25,26). The zero-order valence-corrected chi connectivity index (χ0v) is 15.9. The average molecular weight is 375 g/mol. The van der Waals surface area contributed by atoms with Gasteiger partial charge in [0.1, 0.15) is 5.75 Å². The van der Waals surface area contributed by atoms with Crippen LogP contribution in [0.1, 0.15) is 56.1 Å². The monoisotopic (exact) mass is 375 g/mol. The molecule has 1 unspecified atom stereocenters. The number of aryl methyl sites for hydroxylation is 1. The van der Waals surface area contributed by atoms with Crippen LogP contribution in [0, 0.1) is 5.92 Å². The van der Waals surface area contributed by atoms with Crippen LogP contribution >= 0.6 is 0 Å². The fourth-order valence-corrected chi connectivity index (χ4v) is 4.64. The lowest BCUT2D eigenvalue weighted by atomic mass is 9.68. The summed E-state index contributed by atoms with van der Waals surface area (Å²) in [4.78, 5) is 24.7. The Bertz CT molecular complexity index is 696. The number of carboxylic acid groups (broad SMARTS) is 1. The van der Waals surface area contributed by atoms with E-state index in [2.05, 4.69) is 5.32 Å². The molecule has 0 bridgehead atoms. The normalized spacial score (nSPS) is 27.6. The first-order chi connectivity index (χ1) is 13.0. The molecule has 0 saturated heterocycles. The van der Waals surface area contributed by atoms with E-state index in [1.807, 2.05) is 6.07 Å². The van der Waals surface area contributed by atoms with Crippen molar-refractivity contribution >= 4 is 11.9 Å². The number of fused-ring (bicyclic) bond motifs is 1. The molecule has 6 heteroatoms. The summed E-state index contributed by atoms with van der Waals surface area (Å²) in [6.07, 6.45) is 6.11. The van der Waals surface area contributed by atoms with Crippen molar-refractivity contribution in [3.8, 4) is 5.75 Å². The summed E-state index contributed by atoms with van der Waals surface area (Å²) in [5.74, 6) is -0.805. The largest absolute Gasteiger partial charge is 0.508 e. The molecule has 27 heavy (non-hydrogen) atoms. The third kappa shape index (κ3) is 4.10. The molecule has 0 radical (unpaired) electrons. The summed E-state index contributed by atoms with van der Waals surface area (Å²) in [7, 11) is 1.70. The molecule has 1 atom stereocenters. The molecule has 6 nitrogen and oxygen atoms in total. The van der Waals surface area contributed by atoms with E-state index in [0.29, 0.717) is 24.9 Å². The van der Waals surface area contributed by atoms with Crippen LogP contribution in [-0.4, -0.2) is 41.8 Å². The molecule has 0 heterocycles. The second-order valence-electron chi connectivity index (χ2n) is 7.83. The van der Waals surface area contributed by atoms with Gasteiger partial charge in [-0.1, -0.05) is 6.07 Å². The molecule has 148 valence electrons. The molecule has 1 aromatic rings. The number of hydrogen-bond donors (Lipinski definition) is 3. The smallest absolute Gasteiger partial charge is 0.314 e. The molecule has 3 rings (SSSR count). The van der Waals surface area contributed by atoms with E-state index >= 15 is 0 Å². The van der Waals surface area contributed by atoms with Gasteiger partial charge in [0.05, 0.1) is 11.5 Å². The van der Waals surface area contributed by atoms with E-state index < -0.39 is 11.4 Å². The van der Waals surface area contributed by atoms with Gasteiger partial charge >= 0.3 is 5.97 Å². The first-order valence-electron chi connectivity index (χ1n) is 9.82. The van der Waals surface area contributed by atoms with Gasteiger partial charge in [0, 0.05) is 19.6 Å². The number of phenols is 1. The number of nitrogens with one attached hydrogen (secondary N) is 1. The number of phenolic OH excluding ortho intramolecular Hbond substituents is 1. The Morgan fingerprint density at radius 1 is 1.26 bits per heavy atom. The number of carbonyl (C=O) groups is 2. The van der Waals surface area contributed by atoms with Crippen molar-refractivity contribution in [1.82, 2.24) is 5.32 Å². The first-order valence-corrected chi connectivity index (χ1v) is 9.82. The maximum atomic E-state index is 12.5. The number of rotatable bonds is 6. The van der Waals surface area contributed by atoms with Gasteiger partial charge in [-0.3, -0.25) is 9.59 Å². The van der Waals surface area contributed by atoms with E-state index in [4.69, 9.17) is 4.74 Å². The number of ether oxygens (including phenoxy) is 1. The molecule has 3 N–H and O–H groups in total. The quantitative estimate of drug-likeness (QED) is 0.710. The number of carboxylic acids is 1. The van der Waals surface area contributed by atoms with E-state index in [1.165, 1.54) is 0 Å². The van der Waals surface area contributed by atoms with Crippen LogP contribution in [0.3, 0.4) is 0 Å². The van der Waals surface area contributed by atoms with Crippen molar-refractivity contribution < 1.29 is 24.5 Å². The Kier molecular flexibility index (Phi) is 6.05. The number of aromatic hydroxyl groups is 1. The van der Waals surface area contributed by atoms with E-state index in [-0.39, 0.29) is 23.7 Å². The molecule has 0 spiro atoms. The highest BCUT2D eigenvalue weighted by Gasteiger charge is 2.43. The molecule has 1 fully saturated rings. The van der Waals surface area contributed by atoms with Gasteiger partial charge in [0.25, 0.3) is 0 Å². The van der Waals surface area contributed by atoms with E-state index in [9.17, 15) is 19.8 Å².